The minimum atomic E-state index is -0.202. The maximum atomic E-state index is 12.8. The van der Waals surface area contributed by atoms with E-state index in [0.29, 0.717) is 0 Å². The van der Waals surface area contributed by atoms with E-state index in [1.165, 1.54) is 12.1 Å². The van der Waals surface area contributed by atoms with E-state index in [1.54, 1.807) is 25.4 Å². The fourth-order valence-corrected chi connectivity index (χ4v) is 2.08. The molecule has 1 heterocycles. The minimum Gasteiger partial charge on any atom is -0.356 e. The van der Waals surface area contributed by atoms with E-state index in [1.807, 2.05) is 16.9 Å². The number of rotatable bonds is 7. The molecule has 0 aliphatic heterocycles. The first-order valence-electron chi connectivity index (χ1n) is 7.44. The van der Waals surface area contributed by atoms with Crippen molar-refractivity contribution < 1.29 is 4.39 Å². The van der Waals surface area contributed by atoms with Crippen LogP contribution in [0.1, 0.15) is 12.0 Å². The Morgan fingerprint density at radius 1 is 1.23 bits per heavy atom. The van der Waals surface area contributed by atoms with Crippen LogP contribution >= 0.6 is 0 Å². The lowest BCUT2D eigenvalue weighted by atomic mass is 10.1. The number of aliphatic imine (C=N–C) groups is 1. The molecule has 0 spiro atoms. The van der Waals surface area contributed by atoms with Crippen molar-refractivity contribution in [2.24, 2.45) is 4.99 Å². The summed E-state index contributed by atoms with van der Waals surface area (Å²) in [6.45, 7) is 2.47. The summed E-state index contributed by atoms with van der Waals surface area (Å²) in [4.78, 5) is 4.18. The Kier molecular flexibility index (Phi) is 6.41. The number of halogens is 1. The first kappa shape index (κ1) is 16.0. The zero-order chi connectivity index (χ0) is 15.6. The summed E-state index contributed by atoms with van der Waals surface area (Å²) in [5.74, 6) is 0.578. The number of aromatic nitrogens is 2. The molecule has 2 N–H and O–H groups in total. The molecule has 1 aromatic carbocycles. The van der Waals surface area contributed by atoms with E-state index in [9.17, 15) is 4.39 Å². The summed E-state index contributed by atoms with van der Waals surface area (Å²) in [6, 6.07) is 8.49. The average molecular weight is 303 g/mol. The highest BCUT2D eigenvalue weighted by molar-refractivity contribution is 5.79. The van der Waals surface area contributed by atoms with Crippen LogP contribution in [0.4, 0.5) is 4.39 Å². The van der Waals surface area contributed by atoms with Gasteiger partial charge in [-0.25, -0.2) is 4.39 Å². The first-order valence-corrected chi connectivity index (χ1v) is 7.44. The summed E-state index contributed by atoms with van der Waals surface area (Å²) >= 11 is 0. The van der Waals surface area contributed by atoms with E-state index in [0.717, 1.165) is 44.0 Å². The van der Waals surface area contributed by atoms with Gasteiger partial charge in [0, 0.05) is 39.1 Å². The van der Waals surface area contributed by atoms with Gasteiger partial charge in [0.05, 0.1) is 0 Å². The van der Waals surface area contributed by atoms with E-state index in [-0.39, 0.29) is 5.82 Å². The largest absolute Gasteiger partial charge is 0.356 e. The van der Waals surface area contributed by atoms with E-state index < -0.39 is 0 Å². The van der Waals surface area contributed by atoms with Crippen molar-refractivity contribution >= 4 is 5.96 Å². The lowest BCUT2D eigenvalue weighted by molar-refractivity contribution is 0.570. The topological polar surface area (TPSA) is 54.2 Å². The van der Waals surface area contributed by atoms with Gasteiger partial charge in [0.2, 0.25) is 0 Å². The Morgan fingerprint density at radius 2 is 2.00 bits per heavy atom. The third-order valence-corrected chi connectivity index (χ3v) is 3.26. The standard InChI is InChI=1S/C16H22FN5/c1-18-16(19-9-2-12-22-13-3-10-21-22)20-11-8-14-4-6-15(17)7-5-14/h3-7,10,13H,2,8-9,11-12H2,1H3,(H2,18,19,20). The van der Waals surface area contributed by atoms with Crippen molar-refractivity contribution in [3.63, 3.8) is 0 Å². The molecule has 6 heteroatoms. The molecule has 5 nitrogen and oxygen atoms in total. The molecule has 0 fully saturated rings. The third kappa shape index (κ3) is 5.55. The second kappa shape index (κ2) is 8.81. The van der Waals surface area contributed by atoms with Gasteiger partial charge >= 0.3 is 0 Å². The number of guanidine groups is 1. The first-order chi connectivity index (χ1) is 10.8. The van der Waals surface area contributed by atoms with Gasteiger partial charge in [0.15, 0.2) is 5.96 Å². The van der Waals surface area contributed by atoms with Gasteiger partial charge in [0.25, 0.3) is 0 Å². The maximum absolute atomic E-state index is 12.8. The number of benzene rings is 1. The van der Waals surface area contributed by atoms with Gasteiger partial charge in [-0.05, 0) is 36.6 Å². The minimum absolute atomic E-state index is 0.202. The van der Waals surface area contributed by atoms with Crippen molar-refractivity contribution in [2.45, 2.75) is 19.4 Å². The fraction of sp³-hybridized carbons (Fsp3) is 0.375. The Morgan fingerprint density at radius 3 is 2.68 bits per heavy atom. The Bertz CT molecular complexity index is 563. The lowest BCUT2D eigenvalue weighted by Crippen LogP contribution is -2.39. The van der Waals surface area contributed by atoms with Crippen LogP contribution in [0.3, 0.4) is 0 Å². The number of aryl methyl sites for hydroxylation is 1. The van der Waals surface area contributed by atoms with Crippen molar-refractivity contribution in [1.82, 2.24) is 20.4 Å². The van der Waals surface area contributed by atoms with Crippen molar-refractivity contribution in [2.75, 3.05) is 20.1 Å². The third-order valence-electron chi connectivity index (χ3n) is 3.26. The van der Waals surface area contributed by atoms with Gasteiger partial charge in [-0.15, -0.1) is 0 Å². The van der Waals surface area contributed by atoms with Crippen LogP contribution in [0.15, 0.2) is 47.7 Å². The highest BCUT2D eigenvalue weighted by Crippen LogP contribution is 2.02. The zero-order valence-corrected chi connectivity index (χ0v) is 12.8. The average Bonchev–Trinajstić information content (AvgIpc) is 3.05. The van der Waals surface area contributed by atoms with Gasteiger partial charge < -0.3 is 10.6 Å². The molecule has 0 aliphatic rings. The van der Waals surface area contributed by atoms with Crippen LogP contribution in [0.5, 0.6) is 0 Å². The molecule has 2 aromatic rings. The van der Waals surface area contributed by atoms with Crippen molar-refractivity contribution in [3.05, 3.63) is 54.1 Å². The molecule has 1 aromatic heterocycles. The predicted octanol–water partition coefficient (Wildman–Crippen LogP) is 1.82. The van der Waals surface area contributed by atoms with Crippen LogP contribution in [0, 0.1) is 5.82 Å². The molecule has 0 saturated carbocycles. The molecule has 22 heavy (non-hydrogen) atoms. The SMILES string of the molecule is CN=C(NCCCn1cccn1)NCCc1ccc(F)cc1. The summed E-state index contributed by atoms with van der Waals surface area (Å²) in [7, 11) is 1.75. The Hall–Kier alpha value is -2.37. The normalized spacial score (nSPS) is 11.5. The quantitative estimate of drug-likeness (QED) is 0.466. The lowest BCUT2D eigenvalue weighted by Gasteiger charge is -2.12. The van der Waals surface area contributed by atoms with Crippen LogP contribution in [-0.2, 0) is 13.0 Å². The molecule has 0 unspecified atom stereocenters. The number of hydrogen-bond acceptors (Lipinski definition) is 2. The Balaban J connectivity index is 1.61. The molecule has 0 amide bonds. The zero-order valence-electron chi connectivity index (χ0n) is 12.8. The summed E-state index contributed by atoms with van der Waals surface area (Å²) < 4.78 is 14.7. The van der Waals surface area contributed by atoms with Gasteiger partial charge in [-0.2, -0.15) is 5.10 Å². The predicted molar refractivity (Wildman–Crippen MR) is 86.3 cm³/mol. The molecule has 0 aliphatic carbocycles. The summed E-state index contributed by atoms with van der Waals surface area (Å²) in [5.41, 5.74) is 1.10. The second-order valence-electron chi connectivity index (χ2n) is 4.92. The second-order valence-corrected chi connectivity index (χ2v) is 4.92. The molecule has 0 radical (unpaired) electrons. The van der Waals surface area contributed by atoms with Gasteiger partial charge in [0.1, 0.15) is 5.82 Å². The van der Waals surface area contributed by atoms with Crippen molar-refractivity contribution in [1.29, 1.82) is 0 Å². The van der Waals surface area contributed by atoms with E-state index in [4.69, 9.17) is 0 Å². The molecule has 2 rings (SSSR count). The van der Waals surface area contributed by atoms with Crippen molar-refractivity contribution in [3.8, 4) is 0 Å². The fourth-order valence-electron chi connectivity index (χ4n) is 2.08. The summed E-state index contributed by atoms with van der Waals surface area (Å²) in [5, 5.41) is 10.7. The highest BCUT2D eigenvalue weighted by atomic mass is 19.1. The van der Waals surface area contributed by atoms with E-state index in [2.05, 4.69) is 20.7 Å². The Labute approximate surface area is 130 Å². The molecule has 0 bridgehead atoms. The maximum Gasteiger partial charge on any atom is 0.190 e. The van der Waals surface area contributed by atoms with Crippen LogP contribution in [0.25, 0.3) is 0 Å². The molecule has 0 saturated heterocycles. The molecular weight excluding hydrogens is 281 g/mol. The molecule has 0 atom stereocenters. The summed E-state index contributed by atoms with van der Waals surface area (Å²) in [6.07, 6.45) is 5.54. The van der Waals surface area contributed by atoms with Crippen LogP contribution in [-0.4, -0.2) is 35.9 Å². The number of nitrogens with one attached hydrogen (secondary N) is 2. The van der Waals surface area contributed by atoms with Gasteiger partial charge in [-0.1, -0.05) is 12.1 Å². The highest BCUT2D eigenvalue weighted by Gasteiger charge is 1.98. The number of hydrogen-bond donors (Lipinski definition) is 2. The molecular formula is C16H22FN5. The monoisotopic (exact) mass is 303 g/mol. The smallest absolute Gasteiger partial charge is 0.190 e. The van der Waals surface area contributed by atoms with Gasteiger partial charge in [-0.3, -0.25) is 9.67 Å². The number of nitrogens with zero attached hydrogens (tertiary/aromatic N) is 3. The van der Waals surface area contributed by atoms with E-state index >= 15 is 0 Å². The molecule has 118 valence electrons. The van der Waals surface area contributed by atoms with Crippen LogP contribution in [0.2, 0.25) is 0 Å². The van der Waals surface area contributed by atoms with Crippen LogP contribution < -0.4 is 10.6 Å².